The number of nitrogens with two attached hydrogens (primary N) is 1. The lowest BCUT2D eigenvalue weighted by Crippen LogP contribution is -2.27. The van der Waals surface area contributed by atoms with E-state index in [-0.39, 0.29) is 0 Å². The molecule has 4 heteroatoms. The summed E-state index contributed by atoms with van der Waals surface area (Å²) in [7, 11) is 0. The number of pyridine rings is 1. The van der Waals surface area contributed by atoms with Crippen LogP contribution in [0.2, 0.25) is 5.02 Å². The molecule has 1 fully saturated rings. The molecule has 17 heavy (non-hydrogen) atoms. The maximum absolute atomic E-state index is 6.28. The predicted molar refractivity (Wildman–Crippen MR) is 72.4 cm³/mol. The lowest BCUT2D eigenvalue weighted by Gasteiger charge is -2.24. The van der Waals surface area contributed by atoms with Crippen LogP contribution < -0.4 is 10.6 Å². The van der Waals surface area contributed by atoms with Crippen molar-refractivity contribution in [3.05, 3.63) is 22.8 Å². The van der Waals surface area contributed by atoms with Crippen LogP contribution in [0.25, 0.3) is 0 Å². The molecule has 0 saturated heterocycles. The molecule has 0 aliphatic heterocycles. The van der Waals surface area contributed by atoms with E-state index < -0.39 is 0 Å². The molecule has 0 atom stereocenters. The van der Waals surface area contributed by atoms with Crippen molar-refractivity contribution in [1.29, 1.82) is 0 Å². The van der Waals surface area contributed by atoms with Gasteiger partial charge < -0.3 is 10.6 Å². The van der Waals surface area contributed by atoms with Crippen LogP contribution in [0.3, 0.4) is 0 Å². The fourth-order valence-electron chi connectivity index (χ4n) is 1.98. The number of hydrogen-bond donors (Lipinski definition) is 1. The van der Waals surface area contributed by atoms with Gasteiger partial charge in [-0.3, -0.25) is 0 Å². The van der Waals surface area contributed by atoms with E-state index in [9.17, 15) is 0 Å². The molecule has 0 bridgehead atoms. The Morgan fingerprint density at radius 2 is 2.29 bits per heavy atom. The Balaban J connectivity index is 2.15. The minimum Gasteiger partial charge on any atom is -0.355 e. The molecule has 0 unspecified atom stereocenters. The third-order valence-corrected chi connectivity index (χ3v) is 3.36. The number of aromatic nitrogens is 1. The van der Waals surface area contributed by atoms with E-state index in [1.807, 2.05) is 12.3 Å². The van der Waals surface area contributed by atoms with Crippen LogP contribution in [0.4, 0.5) is 5.82 Å². The average Bonchev–Trinajstić information content (AvgIpc) is 3.12. The summed E-state index contributed by atoms with van der Waals surface area (Å²) in [5.74, 6) is 1.76. The van der Waals surface area contributed by atoms with Gasteiger partial charge >= 0.3 is 0 Å². The van der Waals surface area contributed by atoms with Gasteiger partial charge in [0.05, 0.1) is 5.02 Å². The van der Waals surface area contributed by atoms with Crippen LogP contribution in [0.5, 0.6) is 0 Å². The first-order chi connectivity index (χ1) is 8.24. The quantitative estimate of drug-likeness (QED) is 0.848. The maximum Gasteiger partial charge on any atom is 0.147 e. The Hall–Kier alpha value is -0.800. The van der Waals surface area contributed by atoms with Crippen LogP contribution in [0.15, 0.2) is 12.3 Å². The number of rotatable bonds is 6. The maximum atomic E-state index is 6.28. The second kappa shape index (κ2) is 5.69. The van der Waals surface area contributed by atoms with Crippen molar-refractivity contribution >= 4 is 17.4 Å². The van der Waals surface area contributed by atoms with Gasteiger partial charge in [-0.15, -0.1) is 0 Å². The molecule has 3 nitrogen and oxygen atoms in total. The van der Waals surface area contributed by atoms with Gasteiger partial charge in [-0.2, -0.15) is 0 Å². The highest BCUT2D eigenvalue weighted by Crippen LogP contribution is 2.33. The highest BCUT2D eigenvalue weighted by atomic mass is 35.5. The summed E-state index contributed by atoms with van der Waals surface area (Å²) in [6.07, 6.45) is 5.64. The minimum atomic E-state index is 0.489. The highest BCUT2D eigenvalue weighted by molar-refractivity contribution is 6.33. The molecule has 1 heterocycles. The second-order valence-electron chi connectivity index (χ2n) is 4.74. The molecule has 1 aromatic rings. The molecule has 0 aromatic carbocycles. The van der Waals surface area contributed by atoms with E-state index in [0.29, 0.717) is 6.54 Å². The van der Waals surface area contributed by atoms with Crippen LogP contribution in [-0.4, -0.2) is 18.1 Å². The Bertz CT molecular complexity index is 377. The summed E-state index contributed by atoms with van der Waals surface area (Å²) in [4.78, 5) is 6.77. The summed E-state index contributed by atoms with van der Waals surface area (Å²) in [5, 5.41) is 0.724. The molecular weight excluding hydrogens is 234 g/mol. The monoisotopic (exact) mass is 253 g/mol. The van der Waals surface area contributed by atoms with Crippen molar-refractivity contribution in [2.75, 3.05) is 18.0 Å². The average molecular weight is 254 g/mol. The van der Waals surface area contributed by atoms with Crippen molar-refractivity contribution in [2.24, 2.45) is 11.7 Å². The number of anilines is 1. The summed E-state index contributed by atoms with van der Waals surface area (Å²) in [6, 6.07) is 1.93. The smallest absolute Gasteiger partial charge is 0.147 e. The predicted octanol–water partition coefficient (Wildman–Crippen LogP) is 2.82. The van der Waals surface area contributed by atoms with Gasteiger partial charge in [-0.1, -0.05) is 18.5 Å². The first kappa shape index (κ1) is 12.7. The zero-order chi connectivity index (χ0) is 12.3. The summed E-state index contributed by atoms with van der Waals surface area (Å²) in [6.45, 7) is 4.78. The van der Waals surface area contributed by atoms with Gasteiger partial charge in [0.15, 0.2) is 0 Å². The van der Waals surface area contributed by atoms with E-state index >= 15 is 0 Å². The second-order valence-corrected chi connectivity index (χ2v) is 5.15. The van der Waals surface area contributed by atoms with Crippen molar-refractivity contribution in [2.45, 2.75) is 32.7 Å². The summed E-state index contributed by atoms with van der Waals surface area (Å²) >= 11 is 6.28. The third kappa shape index (κ3) is 3.33. The van der Waals surface area contributed by atoms with E-state index in [1.54, 1.807) is 0 Å². The number of nitrogens with zero attached hydrogens (tertiary/aromatic N) is 2. The molecule has 2 N–H and O–H groups in total. The summed E-state index contributed by atoms with van der Waals surface area (Å²) in [5.41, 5.74) is 6.57. The molecular formula is C13H20ClN3. The van der Waals surface area contributed by atoms with Crippen molar-refractivity contribution in [1.82, 2.24) is 4.98 Å². The van der Waals surface area contributed by atoms with E-state index in [0.717, 1.165) is 41.8 Å². The van der Waals surface area contributed by atoms with Gasteiger partial charge in [0.1, 0.15) is 5.82 Å². The van der Waals surface area contributed by atoms with Gasteiger partial charge in [-0.05, 0) is 36.8 Å². The topological polar surface area (TPSA) is 42.2 Å². The molecule has 1 saturated carbocycles. The van der Waals surface area contributed by atoms with Gasteiger partial charge in [0, 0.05) is 25.8 Å². The Morgan fingerprint density at radius 1 is 1.53 bits per heavy atom. The zero-order valence-electron chi connectivity index (χ0n) is 10.3. The van der Waals surface area contributed by atoms with Crippen molar-refractivity contribution in [3.8, 4) is 0 Å². The normalized spacial score (nSPS) is 15.0. The van der Waals surface area contributed by atoms with Gasteiger partial charge in [0.25, 0.3) is 0 Å². The van der Waals surface area contributed by atoms with Crippen LogP contribution in [-0.2, 0) is 6.54 Å². The van der Waals surface area contributed by atoms with Crippen LogP contribution in [0, 0.1) is 5.92 Å². The molecule has 1 aliphatic carbocycles. The largest absolute Gasteiger partial charge is 0.355 e. The fourth-order valence-corrected chi connectivity index (χ4v) is 2.29. The van der Waals surface area contributed by atoms with E-state index in [1.165, 1.54) is 12.8 Å². The molecule has 2 rings (SSSR count). The zero-order valence-corrected chi connectivity index (χ0v) is 11.1. The Kier molecular flexibility index (Phi) is 4.24. The Labute approximate surface area is 108 Å². The van der Waals surface area contributed by atoms with E-state index in [4.69, 9.17) is 17.3 Å². The number of hydrogen-bond acceptors (Lipinski definition) is 3. The lowest BCUT2D eigenvalue weighted by molar-refractivity contribution is 0.699. The Morgan fingerprint density at radius 3 is 2.82 bits per heavy atom. The van der Waals surface area contributed by atoms with Crippen molar-refractivity contribution in [3.63, 3.8) is 0 Å². The first-order valence-corrected chi connectivity index (χ1v) is 6.71. The SMILES string of the molecule is CCCN(CC1CC1)c1ncc(CN)cc1Cl. The van der Waals surface area contributed by atoms with Crippen molar-refractivity contribution < 1.29 is 0 Å². The molecule has 94 valence electrons. The summed E-state index contributed by atoms with van der Waals surface area (Å²) < 4.78 is 0. The fraction of sp³-hybridized carbons (Fsp3) is 0.615. The third-order valence-electron chi connectivity index (χ3n) is 3.08. The van der Waals surface area contributed by atoms with Crippen LogP contribution >= 0.6 is 11.6 Å². The number of halogens is 1. The molecule has 0 amide bonds. The lowest BCUT2D eigenvalue weighted by atomic mass is 10.2. The molecule has 1 aliphatic rings. The molecule has 1 aromatic heterocycles. The first-order valence-electron chi connectivity index (χ1n) is 6.34. The minimum absolute atomic E-state index is 0.489. The molecule has 0 spiro atoms. The van der Waals surface area contributed by atoms with Gasteiger partial charge in [0.2, 0.25) is 0 Å². The van der Waals surface area contributed by atoms with Crippen LogP contribution in [0.1, 0.15) is 31.7 Å². The molecule has 0 radical (unpaired) electrons. The van der Waals surface area contributed by atoms with Gasteiger partial charge in [-0.25, -0.2) is 4.98 Å². The highest BCUT2D eigenvalue weighted by Gasteiger charge is 2.25. The van der Waals surface area contributed by atoms with E-state index in [2.05, 4.69) is 16.8 Å². The standard InChI is InChI=1S/C13H20ClN3/c1-2-5-17(9-10-3-4-10)13-12(14)6-11(7-15)8-16-13/h6,8,10H,2-5,7,9,15H2,1H3.